The van der Waals surface area contributed by atoms with E-state index in [1.54, 1.807) is 0 Å². The summed E-state index contributed by atoms with van der Waals surface area (Å²) in [5, 5.41) is 3.96. The molecule has 20 heavy (non-hydrogen) atoms. The van der Waals surface area contributed by atoms with Crippen LogP contribution in [0.15, 0.2) is 29.3 Å². The van der Waals surface area contributed by atoms with Crippen molar-refractivity contribution in [3.8, 4) is 5.75 Å². The van der Waals surface area contributed by atoms with Crippen molar-refractivity contribution in [1.82, 2.24) is 10.2 Å². The maximum atomic E-state index is 5.82. The van der Waals surface area contributed by atoms with Crippen LogP contribution < -0.4 is 10.1 Å². The highest BCUT2D eigenvalue weighted by molar-refractivity contribution is 14.0. The van der Waals surface area contributed by atoms with Gasteiger partial charge in [-0.15, -0.1) is 24.0 Å². The van der Waals surface area contributed by atoms with Crippen LogP contribution in [0.3, 0.4) is 0 Å². The minimum Gasteiger partial charge on any atom is -0.492 e. The zero-order valence-corrected chi connectivity index (χ0v) is 15.3. The molecule has 0 heterocycles. The number of nitrogens with zero attached hydrogens (tertiary/aromatic N) is 2. The summed E-state index contributed by atoms with van der Waals surface area (Å²) >= 11 is 5.82. The molecule has 114 valence electrons. The Morgan fingerprint density at radius 3 is 2.50 bits per heavy atom. The average molecular weight is 412 g/mol. The van der Waals surface area contributed by atoms with Crippen LogP contribution in [0.5, 0.6) is 5.75 Å². The molecule has 0 saturated heterocycles. The molecule has 0 aliphatic carbocycles. The molecule has 1 aromatic carbocycles. The third-order valence-corrected chi connectivity index (χ3v) is 2.77. The summed E-state index contributed by atoms with van der Waals surface area (Å²) in [5.74, 6) is 1.74. The first-order chi connectivity index (χ1) is 9.17. The second kappa shape index (κ2) is 11.0. The number of rotatable bonds is 6. The molecule has 4 nitrogen and oxygen atoms in total. The van der Waals surface area contributed by atoms with E-state index in [1.165, 1.54) is 0 Å². The second-order valence-corrected chi connectivity index (χ2v) is 4.49. The molecule has 0 saturated carbocycles. The summed E-state index contributed by atoms with van der Waals surface area (Å²) in [4.78, 5) is 6.47. The average Bonchev–Trinajstić information content (AvgIpc) is 2.40. The lowest BCUT2D eigenvalue weighted by Crippen LogP contribution is -2.40. The van der Waals surface area contributed by atoms with Crippen LogP contribution in [-0.4, -0.2) is 44.1 Å². The van der Waals surface area contributed by atoms with Gasteiger partial charge in [0.05, 0.1) is 6.54 Å². The molecule has 0 atom stereocenters. The van der Waals surface area contributed by atoms with Crippen LogP contribution in [0.2, 0.25) is 5.02 Å². The Morgan fingerprint density at radius 1 is 1.30 bits per heavy atom. The quantitative estimate of drug-likeness (QED) is 0.443. The van der Waals surface area contributed by atoms with E-state index in [1.807, 2.05) is 38.2 Å². The highest BCUT2D eigenvalue weighted by Crippen LogP contribution is 2.15. The Bertz CT molecular complexity index is 398. The summed E-state index contributed by atoms with van der Waals surface area (Å²) in [6.45, 7) is 7.09. The number of guanidine groups is 1. The summed E-state index contributed by atoms with van der Waals surface area (Å²) in [6, 6.07) is 7.38. The molecule has 0 aliphatic heterocycles. The maximum Gasteiger partial charge on any atom is 0.193 e. The van der Waals surface area contributed by atoms with Gasteiger partial charge in [-0.25, -0.2) is 0 Å². The predicted octanol–water partition coefficient (Wildman–Crippen LogP) is 3.25. The Balaban J connectivity index is 0.00000361. The molecule has 0 amide bonds. The largest absolute Gasteiger partial charge is 0.492 e. The number of hydrogen-bond donors (Lipinski definition) is 1. The number of likely N-dealkylation sites (N-methyl/N-ethyl adjacent to an activating group) is 1. The summed E-state index contributed by atoms with van der Waals surface area (Å²) in [5.41, 5.74) is 0. The van der Waals surface area contributed by atoms with Crippen LogP contribution in [-0.2, 0) is 0 Å². The molecule has 1 N–H and O–H groups in total. The summed E-state index contributed by atoms with van der Waals surface area (Å²) in [6.07, 6.45) is 0. The van der Waals surface area contributed by atoms with Gasteiger partial charge in [-0.3, -0.25) is 4.99 Å². The van der Waals surface area contributed by atoms with E-state index in [9.17, 15) is 0 Å². The Kier molecular flexibility index (Phi) is 10.6. The van der Waals surface area contributed by atoms with Crippen molar-refractivity contribution >= 4 is 41.5 Å². The molecule has 0 aliphatic rings. The van der Waals surface area contributed by atoms with E-state index < -0.39 is 0 Å². The predicted molar refractivity (Wildman–Crippen MR) is 96.6 cm³/mol. The molecule has 0 spiro atoms. The summed E-state index contributed by atoms with van der Waals surface area (Å²) in [7, 11) is 2.00. The lowest BCUT2D eigenvalue weighted by Gasteiger charge is -2.21. The molecule has 0 radical (unpaired) electrons. The van der Waals surface area contributed by atoms with E-state index >= 15 is 0 Å². The van der Waals surface area contributed by atoms with Gasteiger partial charge in [0, 0.05) is 25.2 Å². The zero-order valence-electron chi connectivity index (χ0n) is 12.2. The minimum absolute atomic E-state index is 0. The molecular weight excluding hydrogens is 389 g/mol. The highest BCUT2D eigenvalue weighted by Gasteiger charge is 2.04. The number of aliphatic imine (C=N–C) groups is 1. The van der Waals surface area contributed by atoms with Crippen molar-refractivity contribution in [3.63, 3.8) is 0 Å². The van der Waals surface area contributed by atoms with Gasteiger partial charge in [-0.05, 0) is 38.1 Å². The van der Waals surface area contributed by atoms with E-state index in [0.29, 0.717) is 11.6 Å². The van der Waals surface area contributed by atoms with E-state index in [0.717, 1.165) is 31.3 Å². The normalized spacial score (nSPS) is 10.7. The Morgan fingerprint density at radius 2 is 1.95 bits per heavy atom. The maximum absolute atomic E-state index is 5.82. The van der Waals surface area contributed by atoms with Gasteiger partial charge in [0.15, 0.2) is 5.96 Å². The zero-order chi connectivity index (χ0) is 14.1. The fourth-order valence-corrected chi connectivity index (χ4v) is 1.68. The van der Waals surface area contributed by atoms with Crippen molar-refractivity contribution in [1.29, 1.82) is 0 Å². The fraction of sp³-hybridized carbons (Fsp3) is 0.500. The van der Waals surface area contributed by atoms with Crippen molar-refractivity contribution in [2.75, 3.05) is 33.3 Å². The molecule has 1 rings (SSSR count). The van der Waals surface area contributed by atoms with E-state index in [4.69, 9.17) is 16.3 Å². The van der Waals surface area contributed by atoms with Crippen LogP contribution in [0.4, 0.5) is 0 Å². The fourth-order valence-electron chi connectivity index (χ4n) is 1.56. The van der Waals surface area contributed by atoms with Gasteiger partial charge in [0.2, 0.25) is 0 Å². The first kappa shape index (κ1) is 19.3. The lowest BCUT2D eigenvalue weighted by molar-refractivity contribution is 0.281. The van der Waals surface area contributed by atoms with Crippen LogP contribution in [0.25, 0.3) is 0 Å². The lowest BCUT2D eigenvalue weighted by atomic mass is 10.3. The van der Waals surface area contributed by atoms with Crippen molar-refractivity contribution in [2.24, 2.45) is 4.99 Å². The van der Waals surface area contributed by atoms with E-state index in [2.05, 4.69) is 22.1 Å². The molecule has 1 aromatic rings. The first-order valence-electron chi connectivity index (χ1n) is 6.55. The second-order valence-electron chi connectivity index (χ2n) is 4.05. The number of hydrogen-bond acceptors (Lipinski definition) is 2. The van der Waals surface area contributed by atoms with Gasteiger partial charge in [0.25, 0.3) is 0 Å². The Labute approximate surface area is 143 Å². The Hall–Kier alpha value is -0.690. The molecule has 0 unspecified atom stereocenters. The standard InChI is InChI=1S/C14H22ClN3O.HI/c1-4-16-14(17-5-2)18(3)10-11-19-13-8-6-12(15)7-9-13;/h6-9H,4-5,10-11H2,1-3H3,(H,16,17);1H. The van der Waals surface area contributed by atoms with Gasteiger partial charge in [-0.1, -0.05) is 11.6 Å². The number of halogens is 2. The number of nitrogens with one attached hydrogen (secondary N) is 1. The van der Waals surface area contributed by atoms with Crippen LogP contribution >= 0.6 is 35.6 Å². The molecule has 0 bridgehead atoms. The highest BCUT2D eigenvalue weighted by atomic mass is 127. The first-order valence-corrected chi connectivity index (χ1v) is 6.93. The van der Waals surface area contributed by atoms with Crippen molar-refractivity contribution in [2.45, 2.75) is 13.8 Å². The molecule has 0 fully saturated rings. The number of benzene rings is 1. The van der Waals surface area contributed by atoms with Crippen LogP contribution in [0.1, 0.15) is 13.8 Å². The third-order valence-electron chi connectivity index (χ3n) is 2.51. The van der Waals surface area contributed by atoms with Gasteiger partial charge < -0.3 is 15.0 Å². The molecule has 0 aromatic heterocycles. The topological polar surface area (TPSA) is 36.9 Å². The van der Waals surface area contributed by atoms with Crippen molar-refractivity contribution in [3.05, 3.63) is 29.3 Å². The minimum atomic E-state index is 0. The van der Waals surface area contributed by atoms with Crippen molar-refractivity contribution < 1.29 is 4.74 Å². The summed E-state index contributed by atoms with van der Waals surface area (Å²) < 4.78 is 5.66. The smallest absolute Gasteiger partial charge is 0.193 e. The molecule has 6 heteroatoms. The third kappa shape index (κ3) is 7.19. The van der Waals surface area contributed by atoms with Gasteiger partial charge >= 0.3 is 0 Å². The monoisotopic (exact) mass is 411 g/mol. The van der Waals surface area contributed by atoms with Gasteiger partial charge in [0.1, 0.15) is 12.4 Å². The van der Waals surface area contributed by atoms with Gasteiger partial charge in [-0.2, -0.15) is 0 Å². The number of ether oxygens (including phenoxy) is 1. The van der Waals surface area contributed by atoms with E-state index in [-0.39, 0.29) is 24.0 Å². The molecular formula is C14H23ClIN3O. The SMILES string of the molecule is CCN=C(NCC)N(C)CCOc1ccc(Cl)cc1.I. The van der Waals surface area contributed by atoms with Crippen LogP contribution in [0, 0.1) is 0 Å².